The summed E-state index contributed by atoms with van der Waals surface area (Å²) in [6, 6.07) is 11.6. The van der Waals surface area contributed by atoms with E-state index >= 15 is 0 Å². The molecule has 2 aromatic carbocycles. The molecule has 0 aliphatic carbocycles. The molecule has 2 heterocycles. The molecule has 0 atom stereocenters. The number of aromatic hydroxyl groups is 1. The monoisotopic (exact) mass is 644 g/mol. The fourth-order valence-electron chi connectivity index (χ4n) is 4.34. The molecule has 0 fully saturated rings. The number of esters is 1. The fraction of sp³-hybridized carbons (Fsp3) is 0.212. The van der Waals surface area contributed by atoms with Crippen LogP contribution in [0, 0.1) is 0 Å². The zero-order valence-electron chi connectivity index (χ0n) is 26.0. The number of benzene rings is 2. The lowest BCUT2D eigenvalue weighted by Gasteiger charge is -2.25. The third-order valence-corrected chi connectivity index (χ3v) is 6.52. The van der Waals surface area contributed by atoms with Gasteiger partial charge < -0.3 is 19.3 Å². The molecule has 0 spiro atoms. The molecule has 14 heteroatoms. The first-order valence-corrected chi connectivity index (χ1v) is 14.3. The van der Waals surface area contributed by atoms with Gasteiger partial charge in [0.25, 0.3) is 5.91 Å². The minimum Gasteiger partial charge on any atom is -0.494 e. The molecule has 0 bridgehead atoms. The lowest BCUT2D eigenvalue weighted by Crippen LogP contribution is -2.43. The van der Waals surface area contributed by atoms with Gasteiger partial charge in [-0.1, -0.05) is 30.4 Å². The highest BCUT2D eigenvalue weighted by Gasteiger charge is 2.34. The first-order chi connectivity index (χ1) is 22.7. The van der Waals surface area contributed by atoms with Crippen molar-refractivity contribution in [3.05, 3.63) is 106 Å². The summed E-state index contributed by atoms with van der Waals surface area (Å²) in [6.45, 7) is 3.92. The predicted molar refractivity (Wildman–Crippen MR) is 170 cm³/mol. The SMILES string of the molecule is CCOC1=NC(=O)N(c2ccc(COOC)cc2)C(=O)C1=CC=CC=Cc1c(OCC)nc(=O)n(-c2ccc(C(=O)OC)cc2)c1O. The maximum Gasteiger partial charge on any atom is 0.358 e. The van der Waals surface area contributed by atoms with Crippen LogP contribution in [0.15, 0.2) is 88.2 Å². The molecular formula is C33H32N4O10. The quantitative estimate of drug-likeness (QED) is 0.0981. The van der Waals surface area contributed by atoms with Gasteiger partial charge >= 0.3 is 17.7 Å². The summed E-state index contributed by atoms with van der Waals surface area (Å²) in [5.74, 6) is -1.87. The van der Waals surface area contributed by atoms with Crippen molar-refractivity contribution in [3.63, 3.8) is 0 Å². The highest BCUT2D eigenvalue weighted by molar-refractivity contribution is 6.36. The molecule has 4 rings (SSSR count). The number of rotatable bonds is 12. The second-order valence-electron chi connectivity index (χ2n) is 9.44. The Morgan fingerprint density at radius 2 is 1.57 bits per heavy atom. The number of carbonyl (C=O) groups excluding carboxylic acids is 3. The highest BCUT2D eigenvalue weighted by atomic mass is 17.2. The summed E-state index contributed by atoms with van der Waals surface area (Å²) in [4.78, 5) is 69.3. The Balaban J connectivity index is 1.63. The number of methoxy groups -OCH3 is 1. The summed E-state index contributed by atoms with van der Waals surface area (Å²) in [5.41, 5.74) is 0.906. The molecule has 0 saturated heterocycles. The van der Waals surface area contributed by atoms with Crippen LogP contribution in [0.3, 0.4) is 0 Å². The van der Waals surface area contributed by atoms with E-state index in [1.165, 1.54) is 62.8 Å². The number of allylic oxidation sites excluding steroid dienone is 4. The van der Waals surface area contributed by atoms with Gasteiger partial charge in [0.05, 0.1) is 49.9 Å². The molecule has 0 saturated carbocycles. The molecule has 0 unspecified atom stereocenters. The normalized spacial score (nSPS) is 14.3. The average molecular weight is 645 g/mol. The smallest absolute Gasteiger partial charge is 0.358 e. The Morgan fingerprint density at radius 3 is 2.21 bits per heavy atom. The number of anilines is 1. The zero-order valence-corrected chi connectivity index (χ0v) is 26.0. The van der Waals surface area contributed by atoms with Crippen LogP contribution in [0.5, 0.6) is 11.8 Å². The fourth-order valence-corrected chi connectivity index (χ4v) is 4.34. The molecular weight excluding hydrogens is 612 g/mol. The van der Waals surface area contributed by atoms with Gasteiger partial charge in [0.2, 0.25) is 17.7 Å². The van der Waals surface area contributed by atoms with Crippen molar-refractivity contribution >= 4 is 35.6 Å². The largest absolute Gasteiger partial charge is 0.494 e. The maximum atomic E-state index is 13.5. The molecule has 1 aliphatic rings. The van der Waals surface area contributed by atoms with Crippen molar-refractivity contribution in [1.29, 1.82) is 0 Å². The Hall–Kier alpha value is -5.86. The standard InChI is InChI=1S/C33H32N4O10/c1-5-45-27-25(29(38)36(32(41)34-27)23-16-12-21(13-17-23)20-47-44-4)10-8-7-9-11-26-28(46-6-2)35-33(42)37(30(26)39)24-18-14-22(15-19-24)31(40)43-3/h7-19,39H,5-6,20H2,1-4H3. The van der Waals surface area contributed by atoms with Crippen LogP contribution in [0.2, 0.25) is 0 Å². The second-order valence-corrected chi connectivity index (χ2v) is 9.44. The molecule has 1 aromatic heterocycles. The van der Waals surface area contributed by atoms with Gasteiger partial charge in [0, 0.05) is 0 Å². The molecule has 3 aromatic rings. The van der Waals surface area contributed by atoms with E-state index in [1.807, 2.05) is 0 Å². The van der Waals surface area contributed by atoms with Crippen LogP contribution < -0.4 is 15.3 Å². The Labute approximate surface area is 269 Å². The summed E-state index contributed by atoms with van der Waals surface area (Å²) in [6.07, 6.45) is 7.49. The molecule has 47 heavy (non-hydrogen) atoms. The second kappa shape index (κ2) is 15.9. The van der Waals surface area contributed by atoms with E-state index in [1.54, 1.807) is 44.2 Å². The molecule has 3 amide bonds. The Morgan fingerprint density at radius 1 is 0.894 bits per heavy atom. The minimum absolute atomic E-state index is 0.0337. The van der Waals surface area contributed by atoms with Crippen LogP contribution in [0.25, 0.3) is 11.8 Å². The highest BCUT2D eigenvalue weighted by Crippen LogP contribution is 2.28. The number of ether oxygens (including phenoxy) is 3. The summed E-state index contributed by atoms with van der Waals surface area (Å²) < 4.78 is 16.6. The third-order valence-electron chi connectivity index (χ3n) is 6.52. The Kier molecular flexibility index (Phi) is 11.5. The van der Waals surface area contributed by atoms with E-state index in [2.05, 4.69) is 14.9 Å². The van der Waals surface area contributed by atoms with Gasteiger partial charge in [0.1, 0.15) is 12.2 Å². The lowest BCUT2D eigenvalue weighted by molar-refractivity contribution is -0.282. The van der Waals surface area contributed by atoms with Gasteiger partial charge in [-0.3, -0.25) is 4.79 Å². The van der Waals surface area contributed by atoms with Gasteiger partial charge in [-0.2, -0.15) is 9.98 Å². The molecule has 0 radical (unpaired) electrons. The number of aromatic nitrogens is 2. The number of hydrogen-bond donors (Lipinski definition) is 1. The molecule has 1 aliphatic heterocycles. The van der Waals surface area contributed by atoms with Gasteiger partial charge in [-0.25, -0.2) is 33.6 Å². The molecule has 1 N–H and O–H groups in total. The number of urea groups is 1. The molecule has 244 valence electrons. The van der Waals surface area contributed by atoms with E-state index in [0.29, 0.717) is 5.69 Å². The average Bonchev–Trinajstić information content (AvgIpc) is 3.06. The van der Waals surface area contributed by atoms with Crippen molar-refractivity contribution < 1.29 is 43.5 Å². The van der Waals surface area contributed by atoms with Crippen molar-refractivity contribution in [2.75, 3.05) is 32.3 Å². The minimum atomic E-state index is -0.804. The van der Waals surface area contributed by atoms with Gasteiger partial charge in [-0.05, 0) is 68.0 Å². The van der Waals surface area contributed by atoms with Gasteiger partial charge in [-0.15, -0.1) is 0 Å². The first kappa shape index (κ1) is 34.0. The van der Waals surface area contributed by atoms with E-state index in [4.69, 9.17) is 19.1 Å². The van der Waals surface area contributed by atoms with Crippen molar-refractivity contribution in [1.82, 2.24) is 9.55 Å². The van der Waals surface area contributed by atoms with Crippen LogP contribution in [-0.4, -0.2) is 65.9 Å². The van der Waals surface area contributed by atoms with E-state index < -0.39 is 29.5 Å². The van der Waals surface area contributed by atoms with E-state index in [9.17, 15) is 24.3 Å². The van der Waals surface area contributed by atoms with Crippen LogP contribution in [0.4, 0.5) is 10.5 Å². The number of imide groups is 1. The third kappa shape index (κ3) is 7.87. The number of carbonyl (C=O) groups is 3. The maximum absolute atomic E-state index is 13.5. The zero-order chi connectivity index (χ0) is 33.9. The van der Waals surface area contributed by atoms with Crippen molar-refractivity contribution in [2.24, 2.45) is 4.99 Å². The first-order valence-electron chi connectivity index (χ1n) is 14.3. The Bertz CT molecular complexity index is 1810. The van der Waals surface area contributed by atoms with Crippen LogP contribution >= 0.6 is 0 Å². The lowest BCUT2D eigenvalue weighted by atomic mass is 10.1. The van der Waals surface area contributed by atoms with Gasteiger partial charge in [0.15, 0.2) is 0 Å². The number of nitrogens with zero attached hydrogens (tertiary/aromatic N) is 4. The summed E-state index contributed by atoms with van der Waals surface area (Å²) in [7, 11) is 2.64. The summed E-state index contributed by atoms with van der Waals surface area (Å²) >= 11 is 0. The number of amides is 3. The van der Waals surface area contributed by atoms with E-state index in [0.717, 1.165) is 15.0 Å². The summed E-state index contributed by atoms with van der Waals surface area (Å²) in [5, 5.41) is 11.1. The van der Waals surface area contributed by atoms with E-state index in [-0.39, 0.29) is 54.0 Å². The number of hydrogen-bond acceptors (Lipinski definition) is 11. The topological polar surface area (TPSA) is 168 Å². The van der Waals surface area contributed by atoms with Crippen molar-refractivity contribution in [2.45, 2.75) is 20.5 Å². The van der Waals surface area contributed by atoms with Crippen molar-refractivity contribution in [3.8, 4) is 17.4 Å². The predicted octanol–water partition coefficient (Wildman–Crippen LogP) is 4.30. The van der Waals surface area contributed by atoms with Crippen LogP contribution in [0.1, 0.15) is 35.3 Å². The number of aliphatic imine (C=N–C) groups is 1. The molecule has 14 nitrogen and oxygen atoms in total. The van der Waals surface area contributed by atoms with Crippen LogP contribution in [-0.2, 0) is 30.7 Å².